The molecule has 0 aliphatic carbocycles. The minimum absolute atomic E-state index is 0.153. The molecular formula is C21H44N2S2. The van der Waals surface area contributed by atoms with Crippen molar-refractivity contribution in [1.82, 2.24) is 10.6 Å². The summed E-state index contributed by atoms with van der Waals surface area (Å²) in [4.78, 5) is 0. The average molecular weight is 389 g/mol. The van der Waals surface area contributed by atoms with E-state index in [1.807, 2.05) is 28.5 Å². The van der Waals surface area contributed by atoms with Crippen LogP contribution in [0.1, 0.15) is 89.0 Å². The van der Waals surface area contributed by atoms with Crippen LogP contribution in [0.3, 0.4) is 0 Å². The van der Waals surface area contributed by atoms with Crippen LogP contribution < -0.4 is 10.6 Å². The number of rotatable bonds is 12. The molecule has 150 valence electrons. The highest BCUT2D eigenvalue weighted by Gasteiger charge is 2.34. The van der Waals surface area contributed by atoms with Gasteiger partial charge < -0.3 is 10.6 Å². The first-order valence-corrected chi connectivity index (χ1v) is 11.6. The zero-order chi connectivity index (χ0) is 20.1. The Morgan fingerprint density at radius 1 is 0.880 bits per heavy atom. The molecule has 0 rings (SSSR count). The van der Waals surface area contributed by atoms with Gasteiger partial charge in [0.1, 0.15) is 0 Å². The third-order valence-corrected chi connectivity index (χ3v) is 8.04. The van der Waals surface area contributed by atoms with Gasteiger partial charge in [-0.1, -0.05) is 55.9 Å². The molecule has 0 spiro atoms. The molecule has 0 amide bonds. The van der Waals surface area contributed by atoms with Crippen molar-refractivity contribution in [3.8, 4) is 0 Å². The van der Waals surface area contributed by atoms with E-state index in [0.29, 0.717) is 6.04 Å². The summed E-state index contributed by atoms with van der Waals surface area (Å²) >= 11 is 0. The summed E-state index contributed by atoms with van der Waals surface area (Å²) in [6.07, 6.45) is 2.31. The van der Waals surface area contributed by atoms with Crippen molar-refractivity contribution in [2.75, 3.05) is 6.54 Å². The van der Waals surface area contributed by atoms with E-state index in [0.717, 1.165) is 18.7 Å². The largest absolute Gasteiger partial charge is 0.389 e. The third kappa shape index (κ3) is 13.1. The molecule has 2 N–H and O–H groups in total. The summed E-state index contributed by atoms with van der Waals surface area (Å²) in [5.74, 6) is 0. The molecule has 0 aromatic rings. The van der Waals surface area contributed by atoms with Crippen LogP contribution >= 0.6 is 21.6 Å². The Morgan fingerprint density at radius 3 is 1.72 bits per heavy atom. The van der Waals surface area contributed by atoms with Gasteiger partial charge in [0.25, 0.3) is 0 Å². The van der Waals surface area contributed by atoms with E-state index in [-0.39, 0.29) is 20.4 Å². The van der Waals surface area contributed by atoms with E-state index in [9.17, 15) is 0 Å². The van der Waals surface area contributed by atoms with Crippen LogP contribution in [0.5, 0.6) is 0 Å². The fourth-order valence-electron chi connectivity index (χ4n) is 3.79. The van der Waals surface area contributed by atoms with Gasteiger partial charge in [0.05, 0.1) is 0 Å². The van der Waals surface area contributed by atoms with Crippen molar-refractivity contribution in [3.05, 3.63) is 12.3 Å². The maximum Gasteiger partial charge on any atom is 0.0224 e. The van der Waals surface area contributed by atoms with Crippen LogP contribution in [0.4, 0.5) is 0 Å². The summed E-state index contributed by atoms with van der Waals surface area (Å²) in [5, 5.41) is 7.11. The summed E-state index contributed by atoms with van der Waals surface area (Å²) in [6, 6.07) is 0.515. The van der Waals surface area contributed by atoms with Gasteiger partial charge in [-0.2, -0.15) is 0 Å². The normalized spacial score (nSPS) is 14.1. The fourth-order valence-corrected chi connectivity index (χ4v) is 6.81. The first kappa shape index (κ1) is 25.2. The van der Waals surface area contributed by atoms with Gasteiger partial charge in [0.15, 0.2) is 0 Å². The highest BCUT2D eigenvalue weighted by Crippen LogP contribution is 2.49. The van der Waals surface area contributed by atoms with E-state index >= 15 is 0 Å². The molecule has 0 aliphatic heterocycles. The molecule has 0 atom stereocenters. The highest BCUT2D eigenvalue weighted by molar-refractivity contribution is 8.77. The lowest BCUT2D eigenvalue weighted by Crippen LogP contribution is -2.47. The predicted octanol–water partition coefficient (Wildman–Crippen LogP) is 6.63. The Bertz CT molecular complexity index is 424. The molecule has 4 heteroatoms. The summed E-state index contributed by atoms with van der Waals surface area (Å²) in [5.41, 5.74) is 1.45. The molecule has 0 heterocycles. The van der Waals surface area contributed by atoms with Crippen molar-refractivity contribution >= 4 is 21.6 Å². The summed E-state index contributed by atoms with van der Waals surface area (Å²) in [7, 11) is 4.09. The molecule has 0 saturated heterocycles. The molecule has 0 unspecified atom stereocenters. The minimum Gasteiger partial charge on any atom is -0.389 e. The van der Waals surface area contributed by atoms with Crippen LogP contribution in [-0.4, -0.2) is 27.6 Å². The molecule has 25 heavy (non-hydrogen) atoms. The lowest BCUT2D eigenvalue weighted by molar-refractivity contribution is 0.297. The third-order valence-electron chi connectivity index (χ3n) is 3.81. The Morgan fingerprint density at radius 2 is 1.32 bits per heavy atom. The number of hydrogen-bond donors (Lipinski definition) is 2. The van der Waals surface area contributed by atoms with E-state index < -0.39 is 0 Å². The van der Waals surface area contributed by atoms with Crippen LogP contribution in [-0.2, 0) is 0 Å². The molecule has 0 aliphatic rings. The maximum atomic E-state index is 3.95. The molecule has 0 saturated carbocycles. The minimum atomic E-state index is 0.153. The zero-order valence-electron chi connectivity index (χ0n) is 18.7. The second kappa shape index (κ2) is 9.41. The maximum absolute atomic E-state index is 3.95. The van der Waals surface area contributed by atoms with Gasteiger partial charge >= 0.3 is 0 Å². The van der Waals surface area contributed by atoms with Crippen molar-refractivity contribution in [2.45, 2.75) is 110 Å². The number of allylic oxidation sites excluding steroid dienone is 1. The standard InChI is InChI=1S/C21H44N2S2/c1-16(2)22-15-18(5,6)13-20(9,10)24-25-21(11,12)14-19(7,8)23-17(3)4/h17,22-23H,1,13-15H2,2-12H3. The van der Waals surface area contributed by atoms with Crippen molar-refractivity contribution in [3.63, 3.8) is 0 Å². The quantitative estimate of drug-likeness (QED) is 0.366. The molecule has 0 bridgehead atoms. The molecule has 0 aromatic heterocycles. The second-order valence-corrected chi connectivity index (χ2v) is 14.1. The van der Waals surface area contributed by atoms with E-state index in [1.54, 1.807) is 0 Å². The van der Waals surface area contributed by atoms with Crippen molar-refractivity contribution < 1.29 is 0 Å². The van der Waals surface area contributed by atoms with Crippen LogP contribution in [0.2, 0.25) is 0 Å². The molecular weight excluding hydrogens is 344 g/mol. The van der Waals surface area contributed by atoms with Gasteiger partial charge in [-0.25, -0.2) is 0 Å². The van der Waals surface area contributed by atoms with Gasteiger partial charge in [-0.15, -0.1) is 0 Å². The molecule has 0 radical (unpaired) electrons. The fraction of sp³-hybridized carbons (Fsp3) is 0.905. The van der Waals surface area contributed by atoms with Gasteiger partial charge in [-0.05, 0) is 66.7 Å². The Balaban J connectivity index is 4.66. The van der Waals surface area contributed by atoms with Crippen LogP contribution in [0.15, 0.2) is 12.3 Å². The second-order valence-electron chi connectivity index (χ2n) is 10.5. The molecule has 0 fully saturated rings. The molecule has 2 nitrogen and oxygen atoms in total. The SMILES string of the molecule is C=C(C)NCC(C)(C)CC(C)(C)SSC(C)(C)CC(C)(C)NC(C)C. The Labute approximate surface area is 166 Å². The van der Waals surface area contributed by atoms with Crippen LogP contribution in [0.25, 0.3) is 0 Å². The lowest BCUT2D eigenvalue weighted by atomic mass is 9.83. The monoisotopic (exact) mass is 388 g/mol. The number of nitrogens with one attached hydrogen (secondary N) is 2. The number of hydrogen-bond acceptors (Lipinski definition) is 4. The summed E-state index contributed by atoms with van der Waals surface area (Å²) in [6.45, 7) is 30.2. The predicted molar refractivity (Wildman–Crippen MR) is 122 cm³/mol. The first-order valence-electron chi connectivity index (χ1n) is 9.49. The van der Waals surface area contributed by atoms with E-state index in [2.05, 4.69) is 86.4 Å². The summed E-state index contributed by atoms with van der Waals surface area (Å²) < 4.78 is 0.464. The van der Waals surface area contributed by atoms with Crippen molar-refractivity contribution in [1.29, 1.82) is 0 Å². The Kier molecular flexibility index (Phi) is 9.49. The van der Waals surface area contributed by atoms with Gasteiger partial charge in [-0.3, -0.25) is 0 Å². The Hall–Kier alpha value is 0.200. The topological polar surface area (TPSA) is 24.1 Å². The lowest BCUT2D eigenvalue weighted by Gasteiger charge is -2.39. The highest BCUT2D eigenvalue weighted by atomic mass is 33.1. The first-order chi connectivity index (χ1) is 11.0. The average Bonchev–Trinajstić information content (AvgIpc) is 2.30. The zero-order valence-corrected chi connectivity index (χ0v) is 20.4. The van der Waals surface area contributed by atoms with Crippen LogP contribution in [0, 0.1) is 5.41 Å². The van der Waals surface area contributed by atoms with Gasteiger partial charge in [0, 0.05) is 33.3 Å². The van der Waals surface area contributed by atoms with Gasteiger partial charge in [0.2, 0.25) is 0 Å². The van der Waals surface area contributed by atoms with E-state index in [1.165, 1.54) is 6.42 Å². The van der Waals surface area contributed by atoms with Crippen molar-refractivity contribution in [2.24, 2.45) is 5.41 Å². The van der Waals surface area contributed by atoms with E-state index in [4.69, 9.17) is 0 Å². The smallest absolute Gasteiger partial charge is 0.0224 e. The molecule has 0 aromatic carbocycles.